The molecule has 0 saturated heterocycles. The predicted molar refractivity (Wildman–Crippen MR) is 70.5 cm³/mol. The number of anilines is 1. The Labute approximate surface area is 120 Å². The molecule has 0 atom stereocenters. The summed E-state index contributed by atoms with van der Waals surface area (Å²) in [4.78, 5) is 17.6. The van der Waals surface area contributed by atoms with Crippen LogP contribution in [0.25, 0.3) is 0 Å². The van der Waals surface area contributed by atoms with Crippen LogP contribution in [-0.4, -0.2) is 24.7 Å². The Balaban J connectivity index is 2.33. The molecule has 2 aromatic heterocycles. The third-order valence-corrected chi connectivity index (χ3v) is 3.08. The van der Waals surface area contributed by atoms with E-state index in [1.807, 2.05) is 0 Å². The highest BCUT2D eigenvalue weighted by molar-refractivity contribution is 9.10. The summed E-state index contributed by atoms with van der Waals surface area (Å²) >= 11 is 9.06. The first-order valence-electron chi connectivity index (χ1n) is 4.88. The van der Waals surface area contributed by atoms with Crippen LogP contribution >= 0.6 is 27.5 Å². The third kappa shape index (κ3) is 2.97. The van der Waals surface area contributed by atoms with Gasteiger partial charge in [-0.25, -0.2) is 10.8 Å². The van der Waals surface area contributed by atoms with Gasteiger partial charge >= 0.3 is 5.95 Å². The van der Waals surface area contributed by atoms with Crippen molar-refractivity contribution in [3.8, 4) is 0 Å². The maximum Gasteiger partial charge on any atom is 0.492 e. The molecule has 2 aromatic rings. The number of hydrogen-bond acceptors (Lipinski definition) is 7. The van der Waals surface area contributed by atoms with Gasteiger partial charge in [-0.05, 0) is 22.0 Å². The number of aromatic nitrogens is 4. The smallest absolute Gasteiger partial charge is 0.390 e. The monoisotopic (exact) mass is 347 g/mol. The first-order valence-corrected chi connectivity index (χ1v) is 6.05. The van der Waals surface area contributed by atoms with E-state index in [4.69, 9.17) is 17.4 Å². The topological polar surface area (TPSA) is 125 Å². The summed E-state index contributed by atoms with van der Waals surface area (Å²) in [5.41, 5.74) is 2.84. The van der Waals surface area contributed by atoms with Crippen LogP contribution in [0.2, 0.25) is 5.02 Å². The number of rotatable bonds is 4. The molecule has 0 aliphatic carbocycles. The molecule has 0 aromatic carbocycles. The second kappa shape index (κ2) is 5.47. The van der Waals surface area contributed by atoms with Crippen LogP contribution in [0.4, 0.5) is 11.8 Å². The van der Waals surface area contributed by atoms with Crippen molar-refractivity contribution in [3.05, 3.63) is 37.7 Å². The van der Waals surface area contributed by atoms with Gasteiger partial charge in [-0.2, -0.15) is 4.68 Å². The highest BCUT2D eigenvalue weighted by atomic mass is 79.9. The molecule has 0 saturated carbocycles. The van der Waals surface area contributed by atoms with Crippen LogP contribution in [0.5, 0.6) is 0 Å². The largest absolute Gasteiger partial charge is 0.492 e. The summed E-state index contributed by atoms with van der Waals surface area (Å²) < 4.78 is 1.48. The summed E-state index contributed by atoms with van der Waals surface area (Å²) in [7, 11) is 0. The number of hydrogen-bond donors (Lipinski definition) is 2. The molecule has 0 bridgehead atoms. The van der Waals surface area contributed by atoms with Crippen molar-refractivity contribution >= 4 is 39.3 Å². The molecule has 0 aliphatic rings. The molecule has 19 heavy (non-hydrogen) atoms. The average molecular weight is 349 g/mol. The molecule has 11 heteroatoms. The van der Waals surface area contributed by atoms with Gasteiger partial charge in [0.2, 0.25) is 0 Å². The normalized spacial score (nSPS) is 10.5. The van der Waals surface area contributed by atoms with Gasteiger partial charge in [-0.15, -0.1) is 0 Å². The zero-order valence-corrected chi connectivity index (χ0v) is 11.6. The molecule has 3 N–H and O–H groups in total. The van der Waals surface area contributed by atoms with Crippen LogP contribution in [0, 0.1) is 10.1 Å². The number of nitrogens with one attached hydrogen (secondary N) is 1. The van der Waals surface area contributed by atoms with Gasteiger partial charge in [-0.1, -0.05) is 11.6 Å². The number of halogens is 2. The van der Waals surface area contributed by atoms with Crippen LogP contribution in [0.1, 0.15) is 5.69 Å². The van der Waals surface area contributed by atoms with Crippen molar-refractivity contribution in [2.75, 3.05) is 5.43 Å². The lowest BCUT2D eigenvalue weighted by molar-refractivity contribution is -0.394. The molecule has 0 unspecified atom stereocenters. The summed E-state index contributed by atoms with van der Waals surface area (Å²) in [6.45, 7) is 0.121. The minimum absolute atomic E-state index is 0.121. The second-order valence-electron chi connectivity index (χ2n) is 3.36. The molecular formula is C8H7BrClN7O2. The quantitative estimate of drug-likeness (QED) is 0.485. The van der Waals surface area contributed by atoms with Crippen LogP contribution in [-0.2, 0) is 6.54 Å². The highest BCUT2D eigenvalue weighted by Gasteiger charge is 2.20. The van der Waals surface area contributed by atoms with Crippen LogP contribution < -0.4 is 11.3 Å². The Morgan fingerprint density at radius 1 is 1.53 bits per heavy atom. The Morgan fingerprint density at radius 3 is 2.84 bits per heavy atom. The van der Waals surface area contributed by atoms with Crippen molar-refractivity contribution in [2.45, 2.75) is 6.54 Å². The van der Waals surface area contributed by atoms with Crippen molar-refractivity contribution < 1.29 is 4.92 Å². The van der Waals surface area contributed by atoms with Crippen LogP contribution in [0.15, 0.2) is 16.9 Å². The molecule has 0 spiro atoms. The van der Waals surface area contributed by atoms with E-state index in [1.165, 1.54) is 4.68 Å². The molecular weight excluding hydrogens is 341 g/mol. The molecule has 0 fully saturated rings. The molecule has 2 heterocycles. The maximum absolute atomic E-state index is 10.6. The molecule has 0 aliphatic heterocycles. The summed E-state index contributed by atoms with van der Waals surface area (Å²) in [5.74, 6) is 5.16. The van der Waals surface area contributed by atoms with Gasteiger partial charge in [0, 0.05) is 21.0 Å². The van der Waals surface area contributed by atoms with E-state index < -0.39 is 10.9 Å². The third-order valence-electron chi connectivity index (χ3n) is 2.14. The lowest BCUT2D eigenvalue weighted by atomic mass is 10.3. The predicted octanol–water partition coefficient (Wildman–Crippen LogP) is 1.33. The number of nitrogens with zero attached hydrogens (tertiary/aromatic N) is 5. The van der Waals surface area contributed by atoms with Crippen LogP contribution in [0.3, 0.4) is 0 Å². The van der Waals surface area contributed by atoms with Gasteiger partial charge in [-0.3, -0.25) is 0 Å². The van der Waals surface area contributed by atoms with Crippen molar-refractivity contribution in [1.82, 2.24) is 19.7 Å². The zero-order chi connectivity index (χ0) is 14.0. The van der Waals surface area contributed by atoms with E-state index in [9.17, 15) is 10.1 Å². The van der Waals surface area contributed by atoms with E-state index in [2.05, 4.69) is 36.4 Å². The standard InChI is InChI=1S/C8H7BrClN7O2/c9-7-13-8(17(18)19)15-16(7)3-5-4(10)1-2-6(12-5)14-11/h1-2H,3,11H2,(H,12,14). The molecule has 0 amide bonds. The fourth-order valence-corrected chi connectivity index (χ4v) is 1.84. The zero-order valence-electron chi connectivity index (χ0n) is 9.25. The lowest BCUT2D eigenvalue weighted by Gasteiger charge is -2.04. The van der Waals surface area contributed by atoms with Crippen molar-refractivity contribution in [2.24, 2.45) is 5.84 Å². The van der Waals surface area contributed by atoms with Gasteiger partial charge in [0.05, 0.1) is 10.7 Å². The number of pyridine rings is 1. The number of nitro groups is 1. The minimum atomic E-state index is -0.686. The summed E-state index contributed by atoms with van der Waals surface area (Å²) in [6.07, 6.45) is 0. The first-order chi connectivity index (χ1) is 9.01. The first kappa shape index (κ1) is 13.6. The maximum atomic E-state index is 10.6. The van der Waals surface area contributed by atoms with E-state index in [0.29, 0.717) is 16.5 Å². The van der Waals surface area contributed by atoms with Gasteiger partial charge in [0.15, 0.2) is 0 Å². The van der Waals surface area contributed by atoms with E-state index in [0.717, 1.165) is 0 Å². The van der Waals surface area contributed by atoms with Gasteiger partial charge in [0.25, 0.3) is 4.73 Å². The second-order valence-corrected chi connectivity index (χ2v) is 4.48. The van der Waals surface area contributed by atoms with Gasteiger partial charge < -0.3 is 15.5 Å². The van der Waals surface area contributed by atoms with E-state index in [-0.39, 0.29) is 11.3 Å². The molecule has 100 valence electrons. The Hall–Kier alpha value is -1.78. The Bertz CT molecular complexity index is 632. The Kier molecular flexibility index (Phi) is 3.93. The minimum Gasteiger partial charge on any atom is -0.390 e. The molecule has 0 radical (unpaired) electrons. The van der Waals surface area contributed by atoms with Crippen molar-refractivity contribution in [1.29, 1.82) is 0 Å². The number of hydrazine groups is 1. The average Bonchev–Trinajstić information content (AvgIpc) is 2.74. The molecule has 2 rings (SSSR count). The molecule has 9 nitrogen and oxygen atoms in total. The summed E-state index contributed by atoms with van der Waals surface area (Å²) in [6, 6.07) is 3.21. The SMILES string of the molecule is NNc1ccc(Cl)c(Cn2nc([N+](=O)[O-])nc2Br)n1. The van der Waals surface area contributed by atoms with Gasteiger partial charge in [0.1, 0.15) is 12.4 Å². The number of nitrogen functional groups attached to an aromatic ring is 1. The fourth-order valence-electron chi connectivity index (χ4n) is 1.31. The Morgan fingerprint density at radius 2 is 2.26 bits per heavy atom. The highest BCUT2D eigenvalue weighted by Crippen LogP contribution is 2.19. The lowest BCUT2D eigenvalue weighted by Crippen LogP contribution is -2.11. The van der Waals surface area contributed by atoms with E-state index >= 15 is 0 Å². The van der Waals surface area contributed by atoms with Crippen molar-refractivity contribution in [3.63, 3.8) is 0 Å². The van der Waals surface area contributed by atoms with E-state index in [1.54, 1.807) is 12.1 Å². The summed E-state index contributed by atoms with van der Waals surface area (Å²) in [5, 5.41) is 14.7. The fraction of sp³-hybridized carbons (Fsp3) is 0.125. The number of nitrogens with two attached hydrogens (primary N) is 1.